The van der Waals surface area contributed by atoms with Gasteiger partial charge in [-0.15, -0.1) is 22.7 Å². The van der Waals surface area contributed by atoms with Crippen LogP contribution in [0.1, 0.15) is 0 Å². The second-order valence-electron chi connectivity index (χ2n) is 4.81. The highest BCUT2D eigenvalue weighted by atomic mass is 32.3. The Morgan fingerprint density at radius 2 is 1.68 bits per heavy atom. The van der Waals surface area contributed by atoms with Crippen molar-refractivity contribution in [3.05, 3.63) is 35.0 Å². The van der Waals surface area contributed by atoms with Crippen molar-refractivity contribution in [2.24, 2.45) is 0 Å². The average molecular weight is 314 g/mol. The number of ether oxygens (including phenoxy) is 1. The monoisotopic (exact) mass is 313 g/mol. The summed E-state index contributed by atoms with van der Waals surface area (Å²) in [4.78, 5) is 2.57. The molecule has 0 atom stereocenters. The quantitative estimate of drug-likeness (QED) is 0.847. The highest BCUT2D eigenvalue weighted by Crippen LogP contribution is 2.62. The summed E-state index contributed by atoms with van der Waals surface area (Å²) in [6, 6.07) is 8.97. The first-order chi connectivity index (χ1) is 9.29. The van der Waals surface area contributed by atoms with Crippen LogP contribution in [0.5, 0.6) is 0 Å². The van der Waals surface area contributed by atoms with E-state index in [0.717, 1.165) is 32.2 Å². The van der Waals surface area contributed by atoms with Crippen LogP contribution in [0.15, 0.2) is 43.4 Å². The van der Waals surface area contributed by atoms with Gasteiger partial charge in [-0.05, 0) is 29.1 Å². The topological polar surface area (TPSA) is 12.5 Å². The van der Waals surface area contributed by atoms with E-state index in [4.69, 9.17) is 4.74 Å². The van der Waals surface area contributed by atoms with Crippen molar-refractivity contribution in [2.45, 2.75) is 8.42 Å². The molecular formula is C14H19NOS3. The van der Waals surface area contributed by atoms with Crippen LogP contribution in [-0.2, 0) is 4.74 Å². The van der Waals surface area contributed by atoms with Crippen molar-refractivity contribution in [1.82, 2.24) is 4.90 Å². The van der Waals surface area contributed by atoms with Gasteiger partial charge in [-0.25, -0.2) is 0 Å². The van der Waals surface area contributed by atoms with Crippen molar-refractivity contribution in [3.63, 3.8) is 0 Å². The predicted octanol–water partition coefficient (Wildman–Crippen LogP) is 3.95. The van der Waals surface area contributed by atoms with Gasteiger partial charge < -0.3 is 4.74 Å². The summed E-state index contributed by atoms with van der Waals surface area (Å²) >= 11 is 3.80. The lowest BCUT2D eigenvalue weighted by Gasteiger charge is -2.40. The summed E-state index contributed by atoms with van der Waals surface area (Å²) < 4.78 is 8.55. The van der Waals surface area contributed by atoms with E-state index in [-0.39, 0.29) is 0 Å². The minimum Gasteiger partial charge on any atom is -0.379 e. The van der Waals surface area contributed by atoms with E-state index in [1.165, 1.54) is 0 Å². The van der Waals surface area contributed by atoms with Gasteiger partial charge in [-0.1, -0.05) is 12.1 Å². The van der Waals surface area contributed by atoms with Gasteiger partial charge in [0.1, 0.15) is 0 Å². The van der Waals surface area contributed by atoms with Gasteiger partial charge in [-0.2, -0.15) is 10.0 Å². The van der Waals surface area contributed by atoms with Crippen LogP contribution in [0.25, 0.3) is 0 Å². The third kappa shape index (κ3) is 2.90. The molecule has 0 N–H and O–H groups in total. The summed E-state index contributed by atoms with van der Waals surface area (Å²) in [6.07, 6.45) is 2.46. The Morgan fingerprint density at radius 3 is 2.16 bits per heavy atom. The van der Waals surface area contributed by atoms with E-state index >= 15 is 0 Å². The van der Waals surface area contributed by atoms with Crippen LogP contribution in [-0.4, -0.2) is 43.3 Å². The molecule has 0 aromatic carbocycles. The van der Waals surface area contributed by atoms with E-state index in [2.05, 4.69) is 46.2 Å². The SMILES string of the molecule is CS(CN1CCOCC1)(c1cccs1)c1cccs1. The third-order valence-corrected chi connectivity index (χ3v) is 10.5. The predicted molar refractivity (Wildman–Crippen MR) is 85.9 cm³/mol. The van der Waals surface area contributed by atoms with Crippen LogP contribution in [0.4, 0.5) is 0 Å². The van der Waals surface area contributed by atoms with E-state index < -0.39 is 10.0 Å². The van der Waals surface area contributed by atoms with Crippen molar-refractivity contribution < 1.29 is 4.74 Å². The number of nitrogens with zero attached hydrogens (tertiary/aromatic N) is 1. The maximum absolute atomic E-state index is 5.47. The van der Waals surface area contributed by atoms with E-state index in [9.17, 15) is 0 Å². The molecule has 2 aromatic heterocycles. The van der Waals surface area contributed by atoms with Crippen molar-refractivity contribution in [1.29, 1.82) is 0 Å². The van der Waals surface area contributed by atoms with Crippen molar-refractivity contribution in [3.8, 4) is 0 Å². The Bertz CT molecular complexity index is 455. The molecule has 1 fully saturated rings. The first kappa shape index (κ1) is 13.6. The van der Waals surface area contributed by atoms with E-state index in [1.54, 1.807) is 8.42 Å². The van der Waals surface area contributed by atoms with Gasteiger partial charge >= 0.3 is 0 Å². The van der Waals surface area contributed by atoms with Crippen molar-refractivity contribution in [2.75, 3.05) is 38.4 Å². The summed E-state index contributed by atoms with van der Waals surface area (Å²) in [5.74, 6) is 1.16. The highest BCUT2D eigenvalue weighted by molar-refractivity contribution is 8.35. The van der Waals surface area contributed by atoms with Gasteiger partial charge in [-0.3, -0.25) is 4.90 Å². The molecule has 104 valence electrons. The Kier molecular flexibility index (Phi) is 4.29. The van der Waals surface area contributed by atoms with Crippen LogP contribution >= 0.6 is 32.7 Å². The molecule has 3 rings (SSSR count). The maximum atomic E-state index is 5.47. The number of hydrogen-bond acceptors (Lipinski definition) is 4. The minimum absolute atomic E-state index is 0.879. The molecule has 19 heavy (non-hydrogen) atoms. The fraction of sp³-hybridized carbons (Fsp3) is 0.429. The van der Waals surface area contributed by atoms with Crippen molar-refractivity contribution >= 4 is 32.7 Å². The molecule has 3 heterocycles. The first-order valence-corrected chi connectivity index (χ1v) is 10.4. The molecule has 0 spiro atoms. The molecule has 0 radical (unpaired) electrons. The lowest BCUT2D eigenvalue weighted by atomic mass is 10.5. The molecule has 1 aliphatic heterocycles. The van der Waals surface area contributed by atoms with Crippen LogP contribution in [0, 0.1) is 0 Å². The summed E-state index contributed by atoms with van der Waals surface area (Å²) in [5.41, 5.74) is 0. The molecule has 0 unspecified atom stereocenters. The highest BCUT2D eigenvalue weighted by Gasteiger charge is 2.28. The van der Waals surface area contributed by atoms with Crippen LogP contribution in [0.2, 0.25) is 0 Å². The fourth-order valence-corrected chi connectivity index (χ4v) is 8.50. The van der Waals surface area contributed by atoms with Crippen LogP contribution < -0.4 is 0 Å². The Hall–Kier alpha value is -0.330. The normalized spacial score (nSPS) is 18.6. The molecule has 5 heteroatoms. The largest absolute Gasteiger partial charge is 0.379 e. The molecule has 1 aliphatic rings. The standard InChI is InChI=1S/C14H19NOS3/c1-19(13-4-2-10-17-13,14-5-3-11-18-14)12-15-6-8-16-9-7-15/h2-5,10-11H,6-9,12H2,1H3. The van der Waals surface area contributed by atoms with Gasteiger partial charge in [0.15, 0.2) is 0 Å². The third-order valence-electron chi connectivity index (χ3n) is 3.42. The first-order valence-electron chi connectivity index (χ1n) is 6.42. The van der Waals surface area contributed by atoms with Gasteiger partial charge in [0.25, 0.3) is 0 Å². The zero-order valence-corrected chi connectivity index (χ0v) is 13.5. The van der Waals surface area contributed by atoms with Crippen LogP contribution in [0.3, 0.4) is 0 Å². The van der Waals surface area contributed by atoms with Gasteiger partial charge in [0.2, 0.25) is 0 Å². The molecule has 0 bridgehead atoms. The number of hydrogen-bond donors (Lipinski definition) is 0. The average Bonchev–Trinajstić information content (AvgIpc) is 3.14. The Labute approximate surface area is 124 Å². The molecule has 0 amide bonds. The lowest BCUT2D eigenvalue weighted by Crippen LogP contribution is -2.38. The molecule has 2 aromatic rings. The Morgan fingerprint density at radius 1 is 1.11 bits per heavy atom. The summed E-state index contributed by atoms with van der Waals surface area (Å²) in [6.45, 7) is 3.90. The molecule has 1 saturated heterocycles. The number of thiophene rings is 2. The summed E-state index contributed by atoms with van der Waals surface area (Å²) in [5, 5.41) is 4.40. The Balaban J connectivity index is 1.88. The number of morpholine rings is 1. The minimum atomic E-state index is -0.902. The maximum Gasteiger partial charge on any atom is 0.0594 e. The second-order valence-corrected chi connectivity index (χ2v) is 10.5. The lowest BCUT2D eigenvalue weighted by molar-refractivity contribution is 0.0470. The molecule has 2 nitrogen and oxygen atoms in total. The summed E-state index contributed by atoms with van der Waals surface area (Å²) in [7, 11) is -0.902. The zero-order chi connectivity index (χ0) is 13.1. The molecular weight excluding hydrogens is 294 g/mol. The fourth-order valence-electron chi connectivity index (χ4n) is 2.36. The van der Waals surface area contributed by atoms with Gasteiger partial charge in [0.05, 0.1) is 13.2 Å². The smallest absolute Gasteiger partial charge is 0.0594 e. The molecule has 0 saturated carbocycles. The van der Waals surface area contributed by atoms with Gasteiger partial charge in [0, 0.05) is 27.4 Å². The second kappa shape index (κ2) is 5.97. The van der Waals surface area contributed by atoms with E-state index in [1.807, 2.05) is 22.7 Å². The number of rotatable bonds is 4. The zero-order valence-electron chi connectivity index (χ0n) is 11.1. The van der Waals surface area contributed by atoms with E-state index in [0.29, 0.717) is 0 Å². The molecule has 0 aliphatic carbocycles.